The quantitative estimate of drug-likeness (QED) is 0.506. The van der Waals surface area contributed by atoms with Crippen molar-refractivity contribution in [1.82, 2.24) is 9.78 Å². The summed E-state index contributed by atoms with van der Waals surface area (Å²) < 4.78 is 7.91. The summed E-state index contributed by atoms with van der Waals surface area (Å²) in [5.41, 5.74) is 5.34. The number of ether oxygens (including phenoxy) is 1. The maximum absolute atomic E-state index is 11.4. The van der Waals surface area contributed by atoms with Gasteiger partial charge in [-0.1, -0.05) is 45.3 Å². The van der Waals surface area contributed by atoms with Crippen molar-refractivity contribution in [2.75, 3.05) is 6.61 Å². The van der Waals surface area contributed by atoms with Gasteiger partial charge in [-0.2, -0.15) is 5.10 Å². The van der Waals surface area contributed by atoms with Crippen LogP contribution in [0.15, 0.2) is 36.2 Å². The minimum Gasteiger partial charge on any atom is -0.494 e. The van der Waals surface area contributed by atoms with Crippen LogP contribution in [0, 0.1) is 17.3 Å². The average Bonchev–Trinajstić information content (AvgIpc) is 3.34. The van der Waals surface area contributed by atoms with E-state index in [-0.39, 0.29) is 11.5 Å². The number of nitrogens with zero attached hydrogens (tertiary/aromatic N) is 2. The second-order valence-electron chi connectivity index (χ2n) is 11.0. The number of aliphatic hydroxyl groups excluding tert-OH is 1. The highest BCUT2D eigenvalue weighted by Gasteiger charge is 2.56. The molecule has 4 nitrogen and oxygen atoms in total. The van der Waals surface area contributed by atoms with Gasteiger partial charge in [0.05, 0.1) is 18.9 Å². The van der Waals surface area contributed by atoms with E-state index in [4.69, 9.17) is 4.74 Å². The highest BCUT2D eigenvalue weighted by atomic mass is 16.5. The van der Waals surface area contributed by atoms with Crippen molar-refractivity contribution in [2.45, 2.75) is 83.7 Å². The molecule has 178 valence electrons. The number of aliphatic hydroxyl groups is 1. The summed E-state index contributed by atoms with van der Waals surface area (Å²) in [7, 11) is 1.95. The lowest BCUT2D eigenvalue weighted by Gasteiger charge is -2.49. The first-order valence-corrected chi connectivity index (χ1v) is 13.1. The van der Waals surface area contributed by atoms with Crippen LogP contribution in [0.3, 0.4) is 0 Å². The third-order valence-electron chi connectivity index (χ3n) is 8.91. The highest BCUT2D eigenvalue weighted by Crippen LogP contribution is 2.62. The molecule has 3 aliphatic rings. The first kappa shape index (κ1) is 22.7. The Balaban J connectivity index is 1.31. The van der Waals surface area contributed by atoms with Gasteiger partial charge in [-0.15, -0.1) is 0 Å². The maximum Gasteiger partial charge on any atom is 0.119 e. The van der Waals surface area contributed by atoms with E-state index in [1.165, 1.54) is 43.2 Å². The smallest absolute Gasteiger partial charge is 0.119 e. The van der Waals surface area contributed by atoms with Gasteiger partial charge in [-0.3, -0.25) is 4.68 Å². The zero-order valence-electron chi connectivity index (χ0n) is 20.6. The lowest BCUT2D eigenvalue weighted by Crippen LogP contribution is -2.44. The minimum absolute atomic E-state index is 0.00570. The number of unbranched alkanes of at least 4 members (excludes halogenated alkanes) is 3. The molecule has 0 spiro atoms. The molecule has 0 amide bonds. The number of aryl methyl sites for hydroxylation is 2. The SMILES string of the molecule is CCCCCCOc1ccc2c(c1)CC[C@@H]1[C@H]3C/C(=C\c4cnn(C)c4)[C@H](O)[C@]3(C)CC[C@@H]21. The van der Waals surface area contributed by atoms with E-state index in [1.807, 2.05) is 24.1 Å². The Morgan fingerprint density at radius 2 is 2.12 bits per heavy atom. The lowest BCUT2D eigenvalue weighted by molar-refractivity contribution is -0.0158. The molecule has 2 fully saturated rings. The van der Waals surface area contributed by atoms with Crippen LogP contribution in [-0.4, -0.2) is 27.6 Å². The number of aromatic nitrogens is 2. The number of benzene rings is 1. The molecule has 5 atom stereocenters. The largest absolute Gasteiger partial charge is 0.494 e. The van der Waals surface area contributed by atoms with Crippen LogP contribution in [0.1, 0.15) is 87.8 Å². The molecule has 0 saturated heterocycles. The molecular weight excluding hydrogens is 408 g/mol. The van der Waals surface area contributed by atoms with E-state index in [2.05, 4.69) is 43.2 Å². The monoisotopic (exact) mass is 448 g/mol. The predicted octanol–water partition coefficient (Wildman–Crippen LogP) is 6.29. The number of fused-ring (bicyclic) bond motifs is 5. The Hall–Kier alpha value is -2.07. The van der Waals surface area contributed by atoms with Crippen LogP contribution in [0.5, 0.6) is 5.75 Å². The van der Waals surface area contributed by atoms with E-state index < -0.39 is 0 Å². The number of hydrogen-bond donors (Lipinski definition) is 1. The first-order chi connectivity index (χ1) is 16.0. The summed E-state index contributed by atoms with van der Waals surface area (Å²) in [5.74, 6) is 2.88. The Kier molecular flexibility index (Phi) is 6.39. The lowest BCUT2D eigenvalue weighted by atomic mass is 9.55. The van der Waals surface area contributed by atoms with Gasteiger partial charge < -0.3 is 9.84 Å². The fourth-order valence-corrected chi connectivity index (χ4v) is 7.09. The summed E-state index contributed by atoms with van der Waals surface area (Å²) in [6.07, 6.45) is 16.4. The number of rotatable bonds is 7. The van der Waals surface area contributed by atoms with E-state index in [1.54, 1.807) is 5.56 Å². The van der Waals surface area contributed by atoms with Crippen molar-refractivity contribution in [1.29, 1.82) is 0 Å². The van der Waals surface area contributed by atoms with Crippen LogP contribution >= 0.6 is 0 Å². The minimum atomic E-state index is -0.339. The predicted molar refractivity (Wildman–Crippen MR) is 133 cm³/mol. The standard InChI is InChI=1S/C29H40N2O2/c1-4-5-6-7-14-33-23-9-11-24-21(16-23)8-10-26-25(24)12-13-29(2)27(26)17-22(28(29)32)15-20-18-30-31(3)19-20/h9,11,15-16,18-19,25-28,32H,4-8,10,12-14,17H2,1-3H3/b22-15+/t25-,26-,27+,28-,29+/m0/s1. The van der Waals surface area contributed by atoms with E-state index >= 15 is 0 Å². The molecule has 5 rings (SSSR count). The van der Waals surface area contributed by atoms with Crippen molar-refractivity contribution in [3.8, 4) is 5.75 Å². The Morgan fingerprint density at radius 3 is 2.91 bits per heavy atom. The molecule has 33 heavy (non-hydrogen) atoms. The van der Waals surface area contributed by atoms with E-state index in [0.717, 1.165) is 43.6 Å². The second kappa shape index (κ2) is 9.29. The molecule has 2 saturated carbocycles. The summed E-state index contributed by atoms with van der Waals surface area (Å²) in [5, 5.41) is 15.7. The first-order valence-electron chi connectivity index (χ1n) is 13.1. The molecule has 3 aliphatic carbocycles. The molecule has 1 N–H and O–H groups in total. The Bertz CT molecular complexity index is 1010. The average molecular weight is 449 g/mol. The third kappa shape index (κ3) is 4.27. The van der Waals surface area contributed by atoms with Crippen LogP contribution in [-0.2, 0) is 13.5 Å². The van der Waals surface area contributed by atoms with Crippen LogP contribution in [0.4, 0.5) is 0 Å². The van der Waals surface area contributed by atoms with Gasteiger partial charge in [-0.25, -0.2) is 0 Å². The highest BCUT2D eigenvalue weighted by molar-refractivity contribution is 5.54. The van der Waals surface area contributed by atoms with Crippen LogP contribution < -0.4 is 4.74 Å². The molecule has 0 bridgehead atoms. The van der Waals surface area contributed by atoms with Crippen LogP contribution in [0.2, 0.25) is 0 Å². The van der Waals surface area contributed by atoms with Crippen LogP contribution in [0.25, 0.3) is 6.08 Å². The van der Waals surface area contributed by atoms with E-state index in [0.29, 0.717) is 17.8 Å². The number of hydrogen-bond acceptors (Lipinski definition) is 3. The molecule has 1 aromatic carbocycles. The fraction of sp³-hybridized carbons (Fsp3) is 0.621. The molecular formula is C29H40N2O2. The topological polar surface area (TPSA) is 47.3 Å². The van der Waals surface area contributed by atoms with Crippen molar-refractivity contribution in [2.24, 2.45) is 24.3 Å². The fourth-order valence-electron chi connectivity index (χ4n) is 7.09. The van der Waals surface area contributed by atoms with Crippen molar-refractivity contribution < 1.29 is 9.84 Å². The van der Waals surface area contributed by atoms with E-state index in [9.17, 15) is 5.11 Å². The van der Waals surface area contributed by atoms with Crippen molar-refractivity contribution in [3.05, 3.63) is 52.9 Å². The van der Waals surface area contributed by atoms with Gasteiger partial charge in [0.15, 0.2) is 0 Å². The van der Waals surface area contributed by atoms with Gasteiger partial charge in [0, 0.05) is 24.2 Å². The zero-order chi connectivity index (χ0) is 23.0. The summed E-state index contributed by atoms with van der Waals surface area (Å²) in [6, 6.07) is 6.87. The zero-order valence-corrected chi connectivity index (χ0v) is 20.6. The molecule has 0 aliphatic heterocycles. The van der Waals surface area contributed by atoms with Crippen molar-refractivity contribution in [3.63, 3.8) is 0 Å². The van der Waals surface area contributed by atoms with Gasteiger partial charge in [-0.05, 0) is 85.1 Å². The summed E-state index contributed by atoms with van der Waals surface area (Å²) in [6.45, 7) is 5.42. The van der Waals surface area contributed by atoms with Gasteiger partial charge in [0.25, 0.3) is 0 Å². The van der Waals surface area contributed by atoms with Crippen molar-refractivity contribution >= 4 is 6.08 Å². The molecule has 1 aromatic heterocycles. The third-order valence-corrected chi connectivity index (χ3v) is 8.91. The normalized spacial score (nSPS) is 31.8. The molecule has 2 aromatic rings. The summed E-state index contributed by atoms with van der Waals surface area (Å²) in [4.78, 5) is 0. The molecule has 1 heterocycles. The Morgan fingerprint density at radius 1 is 1.24 bits per heavy atom. The van der Waals surface area contributed by atoms with Gasteiger partial charge in [0.2, 0.25) is 0 Å². The maximum atomic E-state index is 11.4. The molecule has 0 radical (unpaired) electrons. The second-order valence-corrected chi connectivity index (χ2v) is 11.0. The summed E-state index contributed by atoms with van der Waals surface area (Å²) >= 11 is 0. The van der Waals surface area contributed by atoms with Gasteiger partial charge >= 0.3 is 0 Å². The molecule has 0 unspecified atom stereocenters. The Labute approximate surface area is 199 Å². The molecule has 4 heteroatoms. The van der Waals surface area contributed by atoms with Gasteiger partial charge in [0.1, 0.15) is 5.75 Å².